The lowest BCUT2D eigenvalue weighted by atomic mass is 9.91. The Balaban J connectivity index is 2.25. The van der Waals surface area contributed by atoms with Crippen LogP contribution < -0.4 is 9.47 Å². The number of hydrogen-bond donors (Lipinski definition) is 1. The number of aryl methyl sites for hydroxylation is 1. The fourth-order valence-electron chi connectivity index (χ4n) is 2.66. The Morgan fingerprint density at radius 2 is 1.76 bits per heavy atom. The number of carboxylic acid groups (broad SMARTS) is 1. The van der Waals surface area contributed by atoms with E-state index in [1.54, 1.807) is 0 Å². The molecule has 0 aliphatic rings. The third-order valence-electron chi connectivity index (χ3n) is 3.99. The largest absolute Gasteiger partial charge is 0.490 e. The summed E-state index contributed by atoms with van der Waals surface area (Å²) in [6.07, 6.45) is 1.33. The number of aliphatic carboxylic acids is 1. The van der Waals surface area contributed by atoms with Gasteiger partial charge in [-0.2, -0.15) is 0 Å². The molecular weight excluding hydrogens is 316 g/mol. The molecule has 0 aliphatic carbocycles. The number of carbonyl (C=O) groups is 1. The molecule has 2 aromatic carbocycles. The van der Waals surface area contributed by atoms with Crippen molar-refractivity contribution in [3.05, 3.63) is 59.2 Å². The van der Waals surface area contributed by atoms with Gasteiger partial charge < -0.3 is 14.6 Å². The molecule has 0 aromatic heterocycles. The first-order valence-corrected chi connectivity index (χ1v) is 8.73. The fraction of sp³-hybridized carbons (Fsp3) is 0.381. The van der Waals surface area contributed by atoms with E-state index in [1.807, 2.05) is 63.2 Å². The van der Waals surface area contributed by atoms with Crippen LogP contribution in [-0.4, -0.2) is 24.3 Å². The number of rotatable bonds is 9. The second-order valence-electron chi connectivity index (χ2n) is 6.07. The molecule has 2 rings (SSSR count). The average Bonchev–Trinajstić information content (AvgIpc) is 2.60. The maximum absolute atomic E-state index is 11.8. The van der Waals surface area contributed by atoms with Crippen LogP contribution in [0.25, 0.3) is 0 Å². The minimum atomic E-state index is -0.826. The van der Waals surface area contributed by atoms with Crippen LogP contribution in [-0.2, 0) is 11.2 Å². The molecule has 4 nitrogen and oxygen atoms in total. The Bertz CT molecular complexity index is 692. The van der Waals surface area contributed by atoms with Gasteiger partial charge in [-0.05, 0) is 49.9 Å². The molecule has 2 aromatic rings. The van der Waals surface area contributed by atoms with E-state index in [4.69, 9.17) is 9.47 Å². The van der Waals surface area contributed by atoms with E-state index >= 15 is 0 Å². The lowest BCUT2D eigenvalue weighted by molar-refractivity contribution is -0.138. The summed E-state index contributed by atoms with van der Waals surface area (Å²) in [5, 5.41) is 9.64. The molecule has 0 saturated carbocycles. The molecule has 0 bridgehead atoms. The van der Waals surface area contributed by atoms with E-state index < -0.39 is 11.9 Å². The van der Waals surface area contributed by atoms with Crippen LogP contribution in [0.2, 0.25) is 0 Å². The number of benzene rings is 2. The van der Waals surface area contributed by atoms with Gasteiger partial charge in [-0.15, -0.1) is 0 Å². The molecule has 0 spiro atoms. The Morgan fingerprint density at radius 1 is 1.04 bits per heavy atom. The van der Waals surface area contributed by atoms with Crippen LogP contribution in [0.4, 0.5) is 0 Å². The molecule has 1 N–H and O–H groups in total. The minimum absolute atomic E-state index is 0.409. The van der Waals surface area contributed by atoms with Gasteiger partial charge in [0.15, 0.2) is 11.5 Å². The molecule has 0 aliphatic heterocycles. The summed E-state index contributed by atoms with van der Waals surface area (Å²) in [5.41, 5.74) is 2.84. The number of carboxylic acids is 1. The van der Waals surface area contributed by atoms with E-state index in [0.29, 0.717) is 31.1 Å². The van der Waals surface area contributed by atoms with Crippen molar-refractivity contribution in [1.29, 1.82) is 0 Å². The highest BCUT2D eigenvalue weighted by atomic mass is 16.5. The van der Waals surface area contributed by atoms with Gasteiger partial charge in [0.05, 0.1) is 19.1 Å². The normalized spacial score (nSPS) is 11.8. The summed E-state index contributed by atoms with van der Waals surface area (Å²) >= 11 is 0. The molecule has 1 atom stereocenters. The van der Waals surface area contributed by atoms with Gasteiger partial charge in [0.1, 0.15) is 0 Å². The van der Waals surface area contributed by atoms with Crippen molar-refractivity contribution in [2.45, 2.75) is 39.5 Å². The molecule has 0 fully saturated rings. The first kappa shape index (κ1) is 18.8. The van der Waals surface area contributed by atoms with Crippen LogP contribution in [0, 0.1) is 6.92 Å². The molecule has 1 unspecified atom stereocenters. The van der Waals surface area contributed by atoms with E-state index in [0.717, 1.165) is 23.1 Å². The lowest BCUT2D eigenvalue weighted by Crippen LogP contribution is -2.14. The standard InChI is InChI=1S/C21H26O4/c1-4-12-25-19-11-8-16(14-20(19)24-5-2)13-18(21(22)23)17-9-6-15(3)7-10-17/h6-11,14,18H,4-5,12-13H2,1-3H3,(H,22,23). The number of hydrogen-bond acceptors (Lipinski definition) is 3. The maximum atomic E-state index is 11.8. The van der Waals surface area contributed by atoms with Crippen molar-refractivity contribution in [2.24, 2.45) is 0 Å². The molecule has 0 radical (unpaired) electrons. The maximum Gasteiger partial charge on any atom is 0.311 e. The summed E-state index contributed by atoms with van der Waals surface area (Å²) in [4.78, 5) is 11.8. The lowest BCUT2D eigenvalue weighted by Gasteiger charge is -2.16. The second kappa shape index (κ2) is 9.11. The zero-order valence-corrected chi connectivity index (χ0v) is 15.1. The van der Waals surface area contributed by atoms with Gasteiger partial charge in [0.2, 0.25) is 0 Å². The van der Waals surface area contributed by atoms with Crippen LogP contribution in [0.15, 0.2) is 42.5 Å². The highest BCUT2D eigenvalue weighted by Crippen LogP contribution is 2.31. The van der Waals surface area contributed by atoms with Crippen molar-refractivity contribution >= 4 is 5.97 Å². The van der Waals surface area contributed by atoms with Crippen molar-refractivity contribution in [3.8, 4) is 11.5 Å². The molecule has 25 heavy (non-hydrogen) atoms. The predicted octanol–water partition coefficient (Wildman–Crippen LogP) is 4.59. The van der Waals surface area contributed by atoms with Crippen LogP contribution in [0.1, 0.15) is 42.9 Å². The summed E-state index contributed by atoms with van der Waals surface area (Å²) in [7, 11) is 0. The predicted molar refractivity (Wildman–Crippen MR) is 98.7 cm³/mol. The van der Waals surface area contributed by atoms with Gasteiger partial charge >= 0.3 is 5.97 Å². The third-order valence-corrected chi connectivity index (χ3v) is 3.99. The topological polar surface area (TPSA) is 55.8 Å². The van der Waals surface area contributed by atoms with E-state index in [1.165, 1.54) is 0 Å². The fourth-order valence-corrected chi connectivity index (χ4v) is 2.66. The summed E-state index contributed by atoms with van der Waals surface area (Å²) in [5.74, 6) is -0.0400. The summed E-state index contributed by atoms with van der Waals surface area (Å²) in [6.45, 7) is 7.12. The zero-order chi connectivity index (χ0) is 18.2. The summed E-state index contributed by atoms with van der Waals surface area (Å²) < 4.78 is 11.4. The van der Waals surface area contributed by atoms with E-state index in [2.05, 4.69) is 0 Å². The van der Waals surface area contributed by atoms with Gasteiger partial charge in [-0.1, -0.05) is 42.8 Å². The first-order chi connectivity index (χ1) is 12.0. The first-order valence-electron chi connectivity index (χ1n) is 8.73. The molecule has 134 valence electrons. The highest BCUT2D eigenvalue weighted by Gasteiger charge is 2.21. The van der Waals surface area contributed by atoms with Gasteiger partial charge in [0, 0.05) is 0 Å². The van der Waals surface area contributed by atoms with Crippen molar-refractivity contribution < 1.29 is 19.4 Å². The summed E-state index contributed by atoms with van der Waals surface area (Å²) in [6, 6.07) is 13.3. The van der Waals surface area contributed by atoms with Crippen molar-refractivity contribution in [1.82, 2.24) is 0 Å². The number of ether oxygens (including phenoxy) is 2. The SMILES string of the molecule is CCCOc1ccc(CC(C(=O)O)c2ccc(C)cc2)cc1OCC. The molecule has 4 heteroatoms. The van der Waals surface area contributed by atoms with E-state index in [9.17, 15) is 9.90 Å². The van der Waals surface area contributed by atoms with Crippen molar-refractivity contribution in [3.63, 3.8) is 0 Å². The smallest absolute Gasteiger partial charge is 0.311 e. The van der Waals surface area contributed by atoms with Crippen molar-refractivity contribution in [2.75, 3.05) is 13.2 Å². The van der Waals surface area contributed by atoms with Gasteiger partial charge in [0.25, 0.3) is 0 Å². The zero-order valence-electron chi connectivity index (χ0n) is 15.1. The monoisotopic (exact) mass is 342 g/mol. The highest BCUT2D eigenvalue weighted by molar-refractivity contribution is 5.76. The van der Waals surface area contributed by atoms with Gasteiger partial charge in [-0.3, -0.25) is 4.79 Å². The molecule has 0 amide bonds. The Hall–Kier alpha value is -2.49. The van der Waals surface area contributed by atoms with Crippen LogP contribution in [0.3, 0.4) is 0 Å². The second-order valence-corrected chi connectivity index (χ2v) is 6.07. The minimum Gasteiger partial charge on any atom is -0.490 e. The quantitative estimate of drug-likeness (QED) is 0.724. The van der Waals surface area contributed by atoms with Crippen LogP contribution >= 0.6 is 0 Å². The van der Waals surface area contributed by atoms with Gasteiger partial charge in [-0.25, -0.2) is 0 Å². The third kappa shape index (κ3) is 5.24. The Morgan fingerprint density at radius 3 is 2.36 bits per heavy atom. The molecule has 0 saturated heterocycles. The molecule has 0 heterocycles. The van der Waals surface area contributed by atoms with E-state index in [-0.39, 0.29) is 0 Å². The Kier molecular flexibility index (Phi) is 6.87. The van der Waals surface area contributed by atoms with Crippen LogP contribution in [0.5, 0.6) is 11.5 Å². The Labute approximate surface area is 149 Å². The average molecular weight is 342 g/mol. The molecular formula is C21H26O4.